The van der Waals surface area contributed by atoms with Gasteiger partial charge < -0.3 is 20.1 Å². The van der Waals surface area contributed by atoms with Crippen molar-refractivity contribution in [1.82, 2.24) is 4.90 Å². The molecule has 0 aromatic carbocycles. The Hall–Kier alpha value is -0.650. The van der Waals surface area contributed by atoms with Gasteiger partial charge in [0.15, 0.2) is 0 Å². The van der Waals surface area contributed by atoms with Crippen LogP contribution in [0, 0.1) is 0 Å². The van der Waals surface area contributed by atoms with Gasteiger partial charge in [0, 0.05) is 41.0 Å². The summed E-state index contributed by atoms with van der Waals surface area (Å²) in [5.41, 5.74) is 5.38. The maximum absolute atomic E-state index is 11.6. The second-order valence-corrected chi connectivity index (χ2v) is 3.07. The topological polar surface area (TPSA) is 64.8 Å². The predicted octanol–water partition coefficient (Wildman–Crippen LogP) is -0.545. The van der Waals surface area contributed by atoms with Crippen LogP contribution in [-0.2, 0) is 14.3 Å². The van der Waals surface area contributed by atoms with Gasteiger partial charge in [-0.25, -0.2) is 0 Å². The van der Waals surface area contributed by atoms with Gasteiger partial charge in [0.25, 0.3) is 5.91 Å². The van der Waals surface area contributed by atoms with Crippen molar-refractivity contribution < 1.29 is 14.3 Å². The van der Waals surface area contributed by atoms with Crippen molar-refractivity contribution >= 4 is 5.91 Å². The summed E-state index contributed by atoms with van der Waals surface area (Å²) in [6, 6.07) is 0. The van der Waals surface area contributed by atoms with Crippen molar-refractivity contribution in [2.75, 3.05) is 41.0 Å². The minimum absolute atomic E-state index is 0.0777. The van der Waals surface area contributed by atoms with Crippen LogP contribution >= 0.6 is 0 Å². The lowest BCUT2D eigenvalue weighted by atomic mass is 10.3. The molecule has 5 nitrogen and oxygen atoms in total. The van der Waals surface area contributed by atoms with Crippen molar-refractivity contribution in [1.29, 1.82) is 0 Å². The number of likely N-dealkylation sites (N-methyl/N-ethyl adjacent to an activating group) is 1. The first-order chi connectivity index (χ1) is 6.67. The molecule has 84 valence electrons. The molecule has 14 heavy (non-hydrogen) atoms. The molecule has 0 aromatic heterocycles. The molecule has 0 aliphatic carbocycles. The number of nitrogens with zero attached hydrogens (tertiary/aromatic N) is 1. The summed E-state index contributed by atoms with van der Waals surface area (Å²) in [7, 11) is 4.86. The Kier molecular flexibility index (Phi) is 7.37. The second-order valence-electron chi connectivity index (χ2n) is 3.07. The second kappa shape index (κ2) is 7.73. The maximum Gasteiger partial charge on any atom is 0.252 e. The van der Waals surface area contributed by atoms with Gasteiger partial charge in [-0.2, -0.15) is 0 Å². The van der Waals surface area contributed by atoms with Gasteiger partial charge in [-0.3, -0.25) is 4.79 Å². The van der Waals surface area contributed by atoms with E-state index in [2.05, 4.69) is 0 Å². The van der Waals surface area contributed by atoms with Crippen LogP contribution in [0.3, 0.4) is 0 Å². The van der Waals surface area contributed by atoms with Gasteiger partial charge in [-0.05, 0) is 6.42 Å². The molecule has 0 rings (SSSR count). The molecule has 0 heterocycles. The highest BCUT2D eigenvalue weighted by molar-refractivity contribution is 5.80. The summed E-state index contributed by atoms with van der Waals surface area (Å²) in [6.45, 7) is 1.52. The van der Waals surface area contributed by atoms with Crippen LogP contribution in [0.15, 0.2) is 0 Å². The van der Waals surface area contributed by atoms with Crippen LogP contribution in [-0.4, -0.2) is 57.9 Å². The summed E-state index contributed by atoms with van der Waals surface area (Å²) >= 11 is 0. The van der Waals surface area contributed by atoms with Crippen molar-refractivity contribution in [2.24, 2.45) is 5.73 Å². The Morgan fingerprint density at radius 1 is 1.50 bits per heavy atom. The summed E-state index contributed by atoms with van der Waals surface area (Å²) in [5.74, 6) is -0.0777. The molecular weight excluding hydrogens is 184 g/mol. The zero-order valence-corrected chi connectivity index (χ0v) is 9.16. The standard InChI is InChI=1S/C9H20N2O3/c1-11(5-4-6-13-2)9(12)8(7-10)14-3/h8H,4-7,10H2,1-3H3. The van der Waals surface area contributed by atoms with Crippen molar-refractivity contribution in [2.45, 2.75) is 12.5 Å². The van der Waals surface area contributed by atoms with Crippen LogP contribution in [0.5, 0.6) is 0 Å². The molecule has 0 aromatic rings. The van der Waals surface area contributed by atoms with Crippen LogP contribution in [0.1, 0.15) is 6.42 Å². The fourth-order valence-corrected chi connectivity index (χ4v) is 1.10. The van der Waals surface area contributed by atoms with Gasteiger partial charge in [0.1, 0.15) is 6.10 Å². The largest absolute Gasteiger partial charge is 0.385 e. The Morgan fingerprint density at radius 2 is 2.14 bits per heavy atom. The fraction of sp³-hybridized carbons (Fsp3) is 0.889. The number of carbonyl (C=O) groups excluding carboxylic acids is 1. The molecule has 0 radical (unpaired) electrons. The average molecular weight is 204 g/mol. The molecule has 0 saturated carbocycles. The zero-order chi connectivity index (χ0) is 11.0. The zero-order valence-electron chi connectivity index (χ0n) is 9.16. The number of ether oxygens (including phenoxy) is 2. The first-order valence-corrected chi connectivity index (χ1v) is 4.64. The maximum atomic E-state index is 11.6. The third-order valence-corrected chi connectivity index (χ3v) is 1.99. The lowest BCUT2D eigenvalue weighted by molar-refractivity contribution is -0.140. The van der Waals surface area contributed by atoms with E-state index in [4.69, 9.17) is 15.2 Å². The fourth-order valence-electron chi connectivity index (χ4n) is 1.10. The number of methoxy groups -OCH3 is 2. The van der Waals surface area contributed by atoms with E-state index >= 15 is 0 Å². The molecule has 0 saturated heterocycles. The van der Waals surface area contributed by atoms with Crippen LogP contribution < -0.4 is 5.73 Å². The number of hydrogen-bond acceptors (Lipinski definition) is 4. The van der Waals surface area contributed by atoms with Crippen molar-refractivity contribution in [3.8, 4) is 0 Å². The monoisotopic (exact) mass is 204 g/mol. The van der Waals surface area contributed by atoms with Gasteiger partial charge in [-0.1, -0.05) is 0 Å². The van der Waals surface area contributed by atoms with E-state index < -0.39 is 6.10 Å². The lowest BCUT2D eigenvalue weighted by Crippen LogP contribution is -2.42. The number of hydrogen-bond donors (Lipinski definition) is 1. The molecule has 0 aliphatic heterocycles. The highest BCUT2D eigenvalue weighted by atomic mass is 16.5. The molecule has 5 heteroatoms. The Labute approximate surface area is 85.1 Å². The Bertz CT molecular complexity index is 160. The molecular formula is C9H20N2O3. The highest BCUT2D eigenvalue weighted by Gasteiger charge is 2.19. The van der Waals surface area contributed by atoms with Crippen LogP contribution in [0.4, 0.5) is 0 Å². The lowest BCUT2D eigenvalue weighted by Gasteiger charge is -2.21. The minimum Gasteiger partial charge on any atom is -0.385 e. The van der Waals surface area contributed by atoms with Gasteiger partial charge in [0.05, 0.1) is 0 Å². The van der Waals surface area contributed by atoms with E-state index in [9.17, 15) is 4.79 Å². The molecule has 0 aliphatic rings. The number of nitrogens with two attached hydrogens (primary N) is 1. The SMILES string of the molecule is COCCCN(C)C(=O)C(CN)OC. The molecule has 2 N–H and O–H groups in total. The van der Waals surface area contributed by atoms with Crippen LogP contribution in [0.2, 0.25) is 0 Å². The predicted molar refractivity (Wildman–Crippen MR) is 54.0 cm³/mol. The summed E-state index contributed by atoms with van der Waals surface area (Å²) in [6.07, 6.45) is 0.294. The Balaban J connectivity index is 3.84. The van der Waals surface area contributed by atoms with E-state index in [1.54, 1.807) is 19.1 Å². The summed E-state index contributed by atoms with van der Waals surface area (Å²) < 4.78 is 9.83. The van der Waals surface area contributed by atoms with Gasteiger partial charge in [0.2, 0.25) is 0 Å². The highest BCUT2D eigenvalue weighted by Crippen LogP contribution is 1.96. The molecule has 0 fully saturated rings. The molecule has 0 spiro atoms. The van der Waals surface area contributed by atoms with E-state index in [0.29, 0.717) is 13.2 Å². The van der Waals surface area contributed by atoms with Gasteiger partial charge in [-0.15, -0.1) is 0 Å². The molecule has 1 amide bonds. The van der Waals surface area contributed by atoms with Crippen LogP contribution in [0.25, 0.3) is 0 Å². The quantitative estimate of drug-likeness (QED) is 0.565. The van der Waals surface area contributed by atoms with Crippen molar-refractivity contribution in [3.63, 3.8) is 0 Å². The average Bonchev–Trinajstić information content (AvgIpc) is 2.19. The first kappa shape index (κ1) is 13.4. The van der Waals surface area contributed by atoms with Gasteiger partial charge >= 0.3 is 0 Å². The molecule has 0 bridgehead atoms. The van der Waals surface area contributed by atoms with E-state index in [0.717, 1.165) is 6.42 Å². The molecule has 1 atom stereocenters. The normalized spacial score (nSPS) is 12.6. The molecule has 1 unspecified atom stereocenters. The van der Waals surface area contributed by atoms with E-state index in [1.165, 1.54) is 7.11 Å². The number of rotatable bonds is 7. The minimum atomic E-state index is -0.525. The number of amides is 1. The third kappa shape index (κ3) is 4.55. The summed E-state index contributed by atoms with van der Waals surface area (Å²) in [4.78, 5) is 13.2. The first-order valence-electron chi connectivity index (χ1n) is 4.64. The third-order valence-electron chi connectivity index (χ3n) is 1.99. The van der Waals surface area contributed by atoms with E-state index in [-0.39, 0.29) is 12.5 Å². The van der Waals surface area contributed by atoms with E-state index in [1.807, 2.05) is 0 Å². The smallest absolute Gasteiger partial charge is 0.252 e. The van der Waals surface area contributed by atoms with Crippen molar-refractivity contribution in [3.05, 3.63) is 0 Å². The Morgan fingerprint density at radius 3 is 2.57 bits per heavy atom. The summed E-state index contributed by atoms with van der Waals surface area (Å²) in [5, 5.41) is 0. The number of carbonyl (C=O) groups is 1.